The first-order valence-electron chi connectivity index (χ1n) is 9.19. The molecule has 3 N–H and O–H groups in total. The minimum atomic E-state index is -1.27. The summed E-state index contributed by atoms with van der Waals surface area (Å²) in [6.07, 6.45) is 1.55. The predicted molar refractivity (Wildman–Crippen MR) is 106 cm³/mol. The Morgan fingerprint density at radius 3 is 2.27 bits per heavy atom. The Labute approximate surface area is 172 Å². The van der Waals surface area contributed by atoms with Crippen LogP contribution in [0.3, 0.4) is 0 Å². The molecule has 0 spiro atoms. The highest BCUT2D eigenvalue weighted by Crippen LogP contribution is 2.43. The average molecular weight is 419 g/mol. The lowest BCUT2D eigenvalue weighted by Gasteiger charge is -2.44. The number of benzene rings is 2. The number of hydrogen-bond acceptors (Lipinski definition) is 4. The van der Waals surface area contributed by atoms with E-state index in [9.17, 15) is 23.5 Å². The standard InChI is InChI=1S/C18H19F2NO.C4H4O4/c1-21-10-9-18(22,13-5-4-6-14(19)11-13)16(12-21)15-7-2-3-8-17(15)20;5-3(6)1-2-4(7)8/h2-8,11,16,22H,9-10,12H2,1H3;1-2H,(H,5,6)(H,7,8)/b;2-1-/t16-,18+;/m1./s1. The largest absolute Gasteiger partial charge is 0.478 e. The smallest absolute Gasteiger partial charge is 0.328 e. The third-order valence-electron chi connectivity index (χ3n) is 4.92. The van der Waals surface area contributed by atoms with Gasteiger partial charge in [-0.2, -0.15) is 0 Å². The number of likely N-dealkylation sites (N-methyl/N-ethyl adjacent to an activating group) is 1. The van der Waals surface area contributed by atoms with Crippen LogP contribution >= 0.6 is 0 Å². The minimum absolute atomic E-state index is 0.336. The molecule has 1 aliphatic heterocycles. The maximum atomic E-state index is 14.2. The molecule has 0 aliphatic carbocycles. The summed E-state index contributed by atoms with van der Waals surface area (Å²) in [4.78, 5) is 21.2. The van der Waals surface area contributed by atoms with E-state index in [1.165, 1.54) is 18.2 Å². The number of halogens is 2. The Bertz CT molecular complexity index is 917. The molecule has 3 rings (SSSR count). The Morgan fingerprint density at radius 1 is 1.07 bits per heavy atom. The predicted octanol–water partition coefficient (Wildman–Crippen LogP) is 2.98. The zero-order chi connectivity index (χ0) is 22.3. The van der Waals surface area contributed by atoms with E-state index in [1.54, 1.807) is 30.3 Å². The normalized spacial score (nSPS) is 21.7. The van der Waals surface area contributed by atoms with Gasteiger partial charge in [-0.05, 0) is 42.8 Å². The van der Waals surface area contributed by atoms with Crippen LogP contribution in [0.4, 0.5) is 8.78 Å². The summed E-state index contributed by atoms with van der Waals surface area (Å²) in [5, 5.41) is 26.9. The summed E-state index contributed by atoms with van der Waals surface area (Å²) in [6, 6.07) is 12.5. The van der Waals surface area contributed by atoms with Gasteiger partial charge in [-0.1, -0.05) is 30.3 Å². The number of aliphatic carboxylic acids is 2. The van der Waals surface area contributed by atoms with Gasteiger partial charge in [0.1, 0.15) is 11.6 Å². The molecule has 30 heavy (non-hydrogen) atoms. The van der Waals surface area contributed by atoms with Crippen molar-refractivity contribution in [2.75, 3.05) is 20.1 Å². The van der Waals surface area contributed by atoms with Crippen LogP contribution in [0.5, 0.6) is 0 Å². The topological polar surface area (TPSA) is 98.1 Å². The van der Waals surface area contributed by atoms with Gasteiger partial charge < -0.3 is 20.2 Å². The zero-order valence-electron chi connectivity index (χ0n) is 16.3. The molecule has 0 radical (unpaired) electrons. The lowest BCUT2D eigenvalue weighted by molar-refractivity contribution is -0.134. The maximum Gasteiger partial charge on any atom is 0.328 e. The molecule has 0 saturated carbocycles. The summed E-state index contributed by atoms with van der Waals surface area (Å²) >= 11 is 0. The first kappa shape index (κ1) is 23.2. The van der Waals surface area contributed by atoms with Gasteiger partial charge in [-0.15, -0.1) is 0 Å². The molecular formula is C22H23F2NO5. The quantitative estimate of drug-likeness (QED) is 0.659. The van der Waals surface area contributed by atoms with Crippen molar-refractivity contribution in [2.24, 2.45) is 0 Å². The van der Waals surface area contributed by atoms with Gasteiger partial charge in [-0.25, -0.2) is 18.4 Å². The Morgan fingerprint density at radius 2 is 1.70 bits per heavy atom. The van der Waals surface area contributed by atoms with Crippen LogP contribution in [-0.4, -0.2) is 52.3 Å². The molecular weight excluding hydrogens is 396 g/mol. The zero-order valence-corrected chi connectivity index (χ0v) is 16.3. The highest BCUT2D eigenvalue weighted by atomic mass is 19.1. The van der Waals surface area contributed by atoms with Crippen molar-refractivity contribution in [3.05, 3.63) is 83.4 Å². The number of carbonyl (C=O) groups is 2. The molecule has 1 saturated heterocycles. The van der Waals surface area contributed by atoms with E-state index in [0.29, 0.717) is 42.8 Å². The molecule has 2 aromatic rings. The van der Waals surface area contributed by atoms with Gasteiger partial charge in [0.25, 0.3) is 0 Å². The number of nitrogens with zero attached hydrogens (tertiary/aromatic N) is 1. The lowest BCUT2D eigenvalue weighted by Crippen LogP contribution is -2.47. The highest BCUT2D eigenvalue weighted by Gasteiger charge is 2.44. The summed E-state index contributed by atoms with van der Waals surface area (Å²) in [5.74, 6) is -3.68. The van der Waals surface area contributed by atoms with E-state index in [4.69, 9.17) is 10.2 Å². The molecule has 8 heteroatoms. The van der Waals surface area contributed by atoms with Gasteiger partial charge in [0.05, 0.1) is 5.60 Å². The van der Waals surface area contributed by atoms with E-state index in [1.807, 2.05) is 7.05 Å². The van der Waals surface area contributed by atoms with Crippen molar-refractivity contribution in [1.82, 2.24) is 4.90 Å². The third-order valence-corrected chi connectivity index (χ3v) is 4.92. The van der Waals surface area contributed by atoms with Gasteiger partial charge in [0, 0.05) is 31.2 Å². The van der Waals surface area contributed by atoms with E-state index in [2.05, 4.69) is 4.90 Å². The molecule has 6 nitrogen and oxygen atoms in total. The van der Waals surface area contributed by atoms with Crippen molar-refractivity contribution in [3.8, 4) is 0 Å². The second-order valence-electron chi connectivity index (χ2n) is 7.03. The second kappa shape index (κ2) is 10.1. The molecule has 160 valence electrons. The number of carboxylic acid groups (broad SMARTS) is 2. The number of aliphatic hydroxyl groups is 1. The Balaban J connectivity index is 0.000000343. The fourth-order valence-corrected chi connectivity index (χ4v) is 3.45. The van der Waals surface area contributed by atoms with Gasteiger partial charge in [-0.3, -0.25) is 0 Å². The molecule has 0 unspecified atom stereocenters. The van der Waals surface area contributed by atoms with E-state index < -0.39 is 29.3 Å². The van der Waals surface area contributed by atoms with Crippen molar-refractivity contribution in [3.63, 3.8) is 0 Å². The Kier molecular flexibility index (Phi) is 7.79. The van der Waals surface area contributed by atoms with Crippen LogP contribution in [-0.2, 0) is 15.2 Å². The highest BCUT2D eigenvalue weighted by molar-refractivity contribution is 5.89. The van der Waals surface area contributed by atoms with Gasteiger partial charge >= 0.3 is 11.9 Å². The SMILES string of the molecule is CN1CC[C@](O)(c2cccc(F)c2)[C@@H](c2ccccc2F)C1.O=C(O)/C=C\C(=O)O. The first-order valence-corrected chi connectivity index (χ1v) is 9.19. The van der Waals surface area contributed by atoms with Gasteiger partial charge in [0.2, 0.25) is 0 Å². The van der Waals surface area contributed by atoms with Crippen molar-refractivity contribution in [2.45, 2.75) is 17.9 Å². The molecule has 1 aliphatic rings. The fourth-order valence-electron chi connectivity index (χ4n) is 3.45. The van der Waals surface area contributed by atoms with Crippen molar-refractivity contribution >= 4 is 11.9 Å². The molecule has 1 fully saturated rings. The van der Waals surface area contributed by atoms with Crippen LogP contribution in [0.25, 0.3) is 0 Å². The summed E-state index contributed by atoms with van der Waals surface area (Å²) in [5.41, 5.74) is -0.286. The summed E-state index contributed by atoms with van der Waals surface area (Å²) in [7, 11) is 1.94. The number of rotatable bonds is 4. The van der Waals surface area contributed by atoms with Crippen LogP contribution in [0.1, 0.15) is 23.5 Å². The summed E-state index contributed by atoms with van der Waals surface area (Å²) < 4.78 is 27.8. The number of piperidine rings is 1. The van der Waals surface area contributed by atoms with E-state index in [-0.39, 0.29) is 5.82 Å². The number of hydrogen-bond donors (Lipinski definition) is 3. The summed E-state index contributed by atoms with van der Waals surface area (Å²) in [6.45, 7) is 1.20. The molecule has 2 atom stereocenters. The number of carboxylic acids is 2. The molecule has 0 amide bonds. The lowest BCUT2D eigenvalue weighted by atomic mass is 9.72. The maximum absolute atomic E-state index is 14.2. The first-order chi connectivity index (χ1) is 14.1. The molecule has 0 bridgehead atoms. The van der Waals surface area contributed by atoms with Crippen molar-refractivity contribution < 1.29 is 33.7 Å². The van der Waals surface area contributed by atoms with Crippen LogP contribution in [0.2, 0.25) is 0 Å². The van der Waals surface area contributed by atoms with Crippen LogP contribution < -0.4 is 0 Å². The van der Waals surface area contributed by atoms with Crippen molar-refractivity contribution in [1.29, 1.82) is 0 Å². The molecule has 0 aromatic heterocycles. The number of likely N-dealkylation sites (tertiary alicyclic amines) is 1. The average Bonchev–Trinajstić information content (AvgIpc) is 2.69. The van der Waals surface area contributed by atoms with E-state index in [0.717, 1.165) is 0 Å². The van der Waals surface area contributed by atoms with Gasteiger partial charge in [0.15, 0.2) is 0 Å². The minimum Gasteiger partial charge on any atom is -0.478 e. The third kappa shape index (κ3) is 5.95. The fraction of sp³-hybridized carbons (Fsp3) is 0.273. The van der Waals surface area contributed by atoms with Crippen LogP contribution in [0.15, 0.2) is 60.7 Å². The molecule has 1 heterocycles. The van der Waals surface area contributed by atoms with Crippen LogP contribution in [0, 0.1) is 11.6 Å². The monoisotopic (exact) mass is 419 g/mol. The molecule has 2 aromatic carbocycles. The Hall–Kier alpha value is -3.10. The second-order valence-corrected chi connectivity index (χ2v) is 7.03. The van der Waals surface area contributed by atoms with E-state index >= 15 is 0 Å².